The Labute approximate surface area is 157 Å². The van der Waals surface area contributed by atoms with Crippen molar-refractivity contribution in [3.05, 3.63) is 65.7 Å². The first-order chi connectivity index (χ1) is 12.7. The molecule has 0 radical (unpaired) electrons. The lowest BCUT2D eigenvalue weighted by Crippen LogP contribution is -2.31. The zero-order valence-corrected chi connectivity index (χ0v) is 15.6. The second kappa shape index (κ2) is 8.67. The monoisotopic (exact) mass is 367 g/mol. The van der Waals surface area contributed by atoms with Gasteiger partial charge in [0.2, 0.25) is 5.91 Å². The molecule has 1 heterocycles. The van der Waals surface area contributed by atoms with E-state index in [0.29, 0.717) is 11.7 Å². The topological polar surface area (TPSA) is 54.3 Å². The van der Waals surface area contributed by atoms with Crippen LogP contribution in [0.25, 0.3) is 0 Å². The predicted molar refractivity (Wildman–Crippen MR) is 107 cm³/mol. The maximum atomic E-state index is 12.6. The summed E-state index contributed by atoms with van der Waals surface area (Å²) in [4.78, 5) is 14.3. The third kappa shape index (κ3) is 4.32. The minimum Gasteiger partial charge on any atom is -0.497 e. The van der Waals surface area contributed by atoms with Gasteiger partial charge in [-0.3, -0.25) is 9.69 Å². The van der Waals surface area contributed by atoms with Gasteiger partial charge in [0.25, 0.3) is 0 Å². The van der Waals surface area contributed by atoms with Crippen LogP contribution in [-0.2, 0) is 11.3 Å². The van der Waals surface area contributed by atoms with Gasteiger partial charge in [-0.25, -0.2) is 0 Å². The summed E-state index contributed by atoms with van der Waals surface area (Å²) in [5.74, 6) is 0.894. The molecule has 0 saturated carbocycles. The maximum absolute atomic E-state index is 12.6. The number of hydrogen-bond acceptors (Lipinski definition) is 5. The van der Waals surface area contributed by atoms with E-state index in [1.54, 1.807) is 18.2 Å². The van der Waals surface area contributed by atoms with Crippen LogP contribution in [0.4, 0.5) is 0 Å². The van der Waals surface area contributed by atoms with Gasteiger partial charge in [-0.1, -0.05) is 49.0 Å². The Kier molecular flexibility index (Phi) is 6.07. The molecule has 6 heteroatoms. The second-order valence-electron chi connectivity index (χ2n) is 5.83. The van der Waals surface area contributed by atoms with Gasteiger partial charge in [0.05, 0.1) is 25.1 Å². The molecule has 134 valence electrons. The molecule has 1 aliphatic rings. The van der Waals surface area contributed by atoms with Gasteiger partial charge in [-0.15, -0.1) is 5.10 Å². The smallest absolute Gasteiger partial charge is 0.242 e. The van der Waals surface area contributed by atoms with E-state index >= 15 is 0 Å². The molecular weight excluding hydrogens is 346 g/mol. The fraction of sp³-hybridized carbons (Fsp3) is 0.250. The Morgan fingerprint density at radius 2 is 1.88 bits per heavy atom. The molecule has 5 nitrogen and oxygen atoms in total. The first-order valence-corrected chi connectivity index (χ1v) is 9.36. The molecule has 1 atom stereocenters. The number of amides is 1. The third-order valence-electron chi connectivity index (χ3n) is 4.04. The summed E-state index contributed by atoms with van der Waals surface area (Å²) in [6.07, 6.45) is 2.45. The summed E-state index contributed by atoms with van der Waals surface area (Å²) >= 11 is 1.48. The van der Waals surface area contributed by atoms with Crippen molar-refractivity contribution in [2.75, 3.05) is 7.11 Å². The largest absolute Gasteiger partial charge is 0.497 e. The molecule has 0 aliphatic carbocycles. The number of ether oxygens (including phenoxy) is 1. The number of methoxy groups -OCH3 is 1. The van der Waals surface area contributed by atoms with Gasteiger partial charge in [0.15, 0.2) is 5.17 Å². The normalized spacial score (nSPS) is 18.8. The lowest BCUT2D eigenvalue weighted by Gasteiger charge is -2.15. The van der Waals surface area contributed by atoms with E-state index in [0.717, 1.165) is 23.3 Å². The van der Waals surface area contributed by atoms with Gasteiger partial charge >= 0.3 is 0 Å². The molecule has 0 N–H and O–H groups in total. The summed E-state index contributed by atoms with van der Waals surface area (Å²) in [6.45, 7) is 2.53. The van der Waals surface area contributed by atoms with Crippen molar-refractivity contribution in [3.8, 4) is 5.75 Å². The zero-order chi connectivity index (χ0) is 18.4. The van der Waals surface area contributed by atoms with Gasteiger partial charge in [0, 0.05) is 0 Å². The number of amidine groups is 1. The van der Waals surface area contributed by atoms with Crippen LogP contribution in [0.1, 0.15) is 24.5 Å². The highest BCUT2D eigenvalue weighted by Crippen LogP contribution is 2.30. The van der Waals surface area contributed by atoms with E-state index < -0.39 is 0 Å². The molecule has 1 saturated heterocycles. The number of thioether (sulfide) groups is 1. The maximum Gasteiger partial charge on any atom is 0.242 e. The summed E-state index contributed by atoms with van der Waals surface area (Å²) in [7, 11) is 1.63. The van der Waals surface area contributed by atoms with Crippen LogP contribution in [0.15, 0.2) is 64.8 Å². The zero-order valence-electron chi connectivity index (χ0n) is 14.8. The Bertz CT molecular complexity index is 804. The standard InChI is InChI=1S/C20H21N3O2S/c1-3-18-19(24)23(14-16-7-5-4-6-8-16)20(26-18)22-21-13-15-9-11-17(25-2)12-10-15/h4-13,18H,3,14H2,1-2H3/b21-13-,22-20-/t18-/m1/s1. The van der Waals surface area contributed by atoms with Gasteiger partial charge in [0.1, 0.15) is 5.75 Å². The van der Waals surface area contributed by atoms with Crippen molar-refractivity contribution in [1.29, 1.82) is 0 Å². The van der Waals surface area contributed by atoms with Crippen molar-refractivity contribution >= 4 is 29.1 Å². The average molecular weight is 367 g/mol. The molecule has 26 heavy (non-hydrogen) atoms. The quantitative estimate of drug-likeness (QED) is 0.574. The van der Waals surface area contributed by atoms with Gasteiger partial charge < -0.3 is 4.74 Å². The van der Waals surface area contributed by atoms with Crippen molar-refractivity contribution in [3.63, 3.8) is 0 Å². The van der Waals surface area contributed by atoms with Crippen LogP contribution < -0.4 is 4.74 Å². The lowest BCUT2D eigenvalue weighted by atomic mass is 10.2. The first-order valence-electron chi connectivity index (χ1n) is 8.48. The molecule has 1 amide bonds. The number of benzene rings is 2. The lowest BCUT2D eigenvalue weighted by molar-refractivity contribution is -0.126. The highest BCUT2D eigenvalue weighted by molar-refractivity contribution is 8.15. The van der Waals surface area contributed by atoms with Crippen molar-refractivity contribution < 1.29 is 9.53 Å². The summed E-state index contributed by atoms with van der Waals surface area (Å²) in [6, 6.07) is 17.5. The van der Waals surface area contributed by atoms with E-state index in [1.807, 2.05) is 61.5 Å². The molecular formula is C20H21N3O2S. The van der Waals surface area contributed by atoms with Crippen molar-refractivity contribution in [1.82, 2.24) is 4.90 Å². The highest BCUT2D eigenvalue weighted by Gasteiger charge is 2.36. The Morgan fingerprint density at radius 1 is 1.15 bits per heavy atom. The molecule has 0 unspecified atom stereocenters. The van der Waals surface area contributed by atoms with Crippen LogP contribution in [0.3, 0.4) is 0 Å². The SMILES string of the molecule is CC[C@H]1S/C(=N\N=C/c2ccc(OC)cc2)N(Cc2ccccc2)C1=O. The number of rotatable bonds is 6. The second-order valence-corrected chi connectivity index (χ2v) is 6.99. The van der Waals surface area contributed by atoms with E-state index in [2.05, 4.69) is 10.2 Å². The molecule has 2 aromatic rings. The number of carbonyl (C=O) groups is 1. The Balaban J connectivity index is 1.76. The van der Waals surface area contributed by atoms with Crippen molar-refractivity contribution in [2.24, 2.45) is 10.2 Å². The minimum absolute atomic E-state index is 0.0892. The third-order valence-corrected chi connectivity index (χ3v) is 5.37. The van der Waals surface area contributed by atoms with E-state index in [4.69, 9.17) is 4.74 Å². The number of nitrogens with zero attached hydrogens (tertiary/aromatic N) is 3. The number of carbonyl (C=O) groups excluding carboxylic acids is 1. The van der Waals surface area contributed by atoms with Crippen molar-refractivity contribution in [2.45, 2.75) is 25.1 Å². The fourth-order valence-corrected chi connectivity index (χ4v) is 3.62. The molecule has 0 spiro atoms. The molecule has 3 rings (SSSR count). The molecule has 0 aromatic heterocycles. The fourth-order valence-electron chi connectivity index (χ4n) is 2.59. The Morgan fingerprint density at radius 3 is 2.54 bits per heavy atom. The van der Waals surface area contributed by atoms with E-state index in [-0.39, 0.29) is 11.2 Å². The van der Waals surface area contributed by atoms with Crippen LogP contribution in [0.5, 0.6) is 5.75 Å². The van der Waals surface area contributed by atoms with Crippen LogP contribution >= 0.6 is 11.8 Å². The van der Waals surface area contributed by atoms with Gasteiger partial charge in [-0.05, 0) is 41.8 Å². The highest BCUT2D eigenvalue weighted by atomic mass is 32.2. The van der Waals surface area contributed by atoms with E-state index in [9.17, 15) is 4.79 Å². The van der Waals surface area contributed by atoms with Crippen LogP contribution in [0, 0.1) is 0 Å². The average Bonchev–Trinajstić information content (AvgIpc) is 2.98. The summed E-state index contributed by atoms with van der Waals surface area (Å²) in [5.41, 5.74) is 2.00. The van der Waals surface area contributed by atoms with Gasteiger partial charge in [-0.2, -0.15) is 5.10 Å². The minimum atomic E-state index is -0.0892. The van der Waals surface area contributed by atoms with Crippen LogP contribution in [-0.4, -0.2) is 34.5 Å². The van der Waals surface area contributed by atoms with Crippen LogP contribution in [0.2, 0.25) is 0 Å². The number of hydrogen-bond donors (Lipinski definition) is 0. The molecule has 1 aliphatic heterocycles. The molecule has 2 aromatic carbocycles. The molecule has 1 fully saturated rings. The van der Waals surface area contributed by atoms with E-state index in [1.165, 1.54) is 11.8 Å². The summed E-state index contributed by atoms with van der Waals surface area (Å²) < 4.78 is 5.14. The summed E-state index contributed by atoms with van der Waals surface area (Å²) in [5, 5.41) is 9.05. The predicted octanol–water partition coefficient (Wildman–Crippen LogP) is 3.94. The first kappa shape index (κ1) is 18.2. The molecule has 0 bridgehead atoms. The Hall–Kier alpha value is -2.60.